The highest BCUT2D eigenvalue weighted by molar-refractivity contribution is 6.34. The lowest BCUT2D eigenvalue weighted by Crippen LogP contribution is -2.28. The van der Waals surface area contributed by atoms with Gasteiger partial charge in [0.15, 0.2) is 0 Å². The molecule has 0 spiro atoms. The molecule has 1 heterocycles. The standard InChI is InChI=1S/C11H12Cl2N2O/c1-7(2)6-15(3)11(16)8-4-5-9(12)14-10(8)13/h4-5H,1,6H2,2-3H3. The van der Waals surface area contributed by atoms with Crippen LogP contribution in [0.15, 0.2) is 24.3 Å². The SMILES string of the molecule is C=C(C)CN(C)C(=O)c1ccc(Cl)nc1Cl. The number of carbonyl (C=O) groups excluding carboxylic acids is 1. The molecule has 1 rings (SSSR count). The molecule has 0 atom stereocenters. The summed E-state index contributed by atoms with van der Waals surface area (Å²) in [6.45, 7) is 6.08. The number of rotatable bonds is 3. The van der Waals surface area contributed by atoms with Crippen molar-refractivity contribution in [3.63, 3.8) is 0 Å². The van der Waals surface area contributed by atoms with E-state index in [0.29, 0.717) is 12.1 Å². The fraction of sp³-hybridized carbons (Fsp3) is 0.273. The zero-order valence-electron chi connectivity index (χ0n) is 9.13. The molecule has 0 fully saturated rings. The quantitative estimate of drug-likeness (QED) is 0.617. The monoisotopic (exact) mass is 258 g/mol. The number of likely N-dealkylation sites (N-methyl/N-ethyl adjacent to an activating group) is 1. The van der Waals surface area contributed by atoms with Crippen molar-refractivity contribution in [2.24, 2.45) is 0 Å². The average Bonchev–Trinajstić information content (AvgIpc) is 2.15. The van der Waals surface area contributed by atoms with E-state index in [-0.39, 0.29) is 16.2 Å². The molecule has 0 bridgehead atoms. The van der Waals surface area contributed by atoms with Crippen molar-refractivity contribution in [1.82, 2.24) is 9.88 Å². The summed E-state index contributed by atoms with van der Waals surface area (Å²) in [5.74, 6) is -0.197. The molecule has 5 heteroatoms. The van der Waals surface area contributed by atoms with Crippen LogP contribution in [0.4, 0.5) is 0 Å². The second-order valence-electron chi connectivity index (χ2n) is 3.59. The molecule has 1 aromatic rings. The number of halogens is 2. The van der Waals surface area contributed by atoms with Crippen molar-refractivity contribution in [3.05, 3.63) is 40.2 Å². The number of pyridine rings is 1. The van der Waals surface area contributed by atoms with Crippen molar-refractivity contribution in [3.8, 4) is 0 Å². The van der Waals surface area contributed by atoms with Gasteiger partial charge in [-0.1, -0.05) is 35.4 Å². The van der Waals surface area contributed by atoms with Gasteiger partial charge in [-0.25, -0.2) is 4.98 Å². The Balaban J connectivity index is 2.92. The maximum absolute atomic E-state index is 11.9. The van der Waals surface area contributed by atoms with Crippen LogP contribution in [-0.4, -0.2) is 29.4 Å². The van der Waals surface area contributed by atoms with E-state index in [0.717, 1.165) is 5.57 Å². The zero-order chi connectivity index (χ0) is 12.3. The first kappa shape index (κ1) is 13.0. The van der Waals surface area contributed by atoms with E-state index in [9.17, 15) is 4.79 Å². The largest absolute Gasteiger partial charge is 0.338 e. The Labute approximate surface area is 105 Å². The van der Waals surface area contributed by atoms with Crippen LogP contribution in [0.2, 0.25) is 10.3 Å². The summed E-state index contributed by atoms with van der Waals surface area (Å²) >= 11 is 11.5. The molecule has 0 aliphatic rings. The highest BCUT2D eigenvalue weighted by atomic mass is 35.5. The van der Waals surface area contributed by atoms with Crippen LogP contribution in [0.25, 0.3) is 0 Å². The van der Waals surface area contributed by atoms with Crippen LogP contribution in [-0.2, 0) is 0 Å². The third-order valence-electron chi connectivity index (χ3n) is 1.90. The first-order valence-electron chi connectivity index (χ1n) is 4.63. The molecule has 0 saturated carbocycles. The van der Waals surface area contributed by atoms with Crippen LogP contribution >= 0.6 is 23.2 Å². The van der Waals surface area contributed by atoms with Crippen LogP contribution in [0.3, 0.4) is 0 Å². The topological polar surface area (TPSA) is 33.2 Å². The molecular formula is C11H12Cl2N2O. The summed E-state index contributed by atoms with van der Waals surface area (Å²) in [6.07, 6.45) is 0. The third-order valence-corrected chi connectivity index (χ3v) is 2.40. The number of aromatic nitrogens is 1. The minimum absolute atomic E-state index is 0.117. The lowest BCUT2D eigenvalue weighted by molar-refractivity contribution is 0.0807. The van der Waals surface area contributed by atoms with E-state index in [2.05, 4.69) is 11.6 Å². The lowest BCUT2D eigenvalue weighted by Gasteiger charge is -2.17. The normalized spacial score (nSPS) is 10.0. The molecular weight excluding hydrogens is 247 g/mol. The molecule has 0 radical (unpaired) electrons. The Hall–Kier alpha value is -1.06. The van der Waals surface area contributed by atoms with Crippen LogP contribution in [0.5, 0.6) is 0 Å². The number of hydrogen-bond donors (Lipinski definition) is 0. The zero-order valence-corrected chi connectivity index (χ0v) is 10.6. The first-order chi connectivity index (χ1) is 7.41. The van der Waals surface area contributed by atoms with Gasteiger partial charge in [0.05, 0.1) is 5.56 Å². The molecule has 0 saturated heterocycles. The Morgan fingerprint density at radius 2 is 2.12 bits per heavy atom. The van der Waals surface area contributed by atoms with Crippen LogP contribution < -0.4 is 0 Å². The summed E-state index contributed by atoms with van der Waals surface area (Å²) in [7, 11) is 1.68. The van der Waals surface area contributed by atoms with Crippen LogP contribution in [0, 0.1) is 0 Å². The molecule has 0 aliphatic carbocycles. The molecule has 0 aromatic carbocycles. The van der Waals surface area contributed by atoms with E-state index in [4.69, 9.17) is 23.2 Å². The Morgan fingerprint density at radius 3 is 2.62 bits per heavy atom. The van der Waals surface area contributed by atoms with E-state index in [1.807, 2.05) is 6.92 Å². The fourth-order valence-electron chi connectivity index (χ4n) is 1.25. The predicted octanol–water partition coefficient (Wildman–Crippen LogP) is 3.04. The number of hydrogen-bond acceptors (Lipinski definition) is 2. The molecule has 0 aliphatic heterocycles. The molecule has 0 unspecified atom stereocenters. The maximum Gasteiger partial charge on any atom is 0.257 e. The van der Waals surface area contributed by atoms with Gasteiger partial charge in [0.2, 0.25) is 0 Å². The van der Waals surface area contributed by atoms with Gasteiger partial charge in [-0.05, 0) is 19.1 Å². The van der Waals surface area contributed by atoms with Gasteiger partial charge in [0.1, 0.15) is 10.3 Å². The van der Waals surface area contributed by atoms with Gasteiger partial charge in [-0.2, -0.15) is 0 Å². The number of carbonyl (C=O) groups is 1. The fourth-order valence-corrected chi connectivity index (χ4v) is 1.68. The van der Waals surface area contributed by atoms with Gasteiger partial charge >= 0.3 is 0 Å². The first-order valence-corrected chi connectivity index (χ1v) is 5.39. The Kier molecular flexibility index (Phi) is 4.33. The third kappa shape index (κ3) is 3.22. The minimum Gasteiger partial charge on any atom is -0.338 e. The van der Waals surface area contributed by atoms with Gasteiger partial charge in [0, 0.05) is 13.6 Å². The van der Waals surface area contributed by atoms with Crippen LogP contribution in [0.1, 0.15) is 17.3 Å². The Morgan fingerprint density at radius 1 is 1.50 bits per heavy atom. The summed E-state index contributed by atoms with van der Waals surface area (Å²) in [6, 6.07) is 3.10. The van der Waals surface area contributed by atoms with E-state index in [1.165, 1.54) is 11.0 Å². The molecule has 0 N–H and O–H groups in total. The van der Waals surface area contributed by atoms with Crippen molar-refractivity contribution >= 4 is 29.1 Å². The van der Waals surface area contributed by atoms with E-state index < -0.39 is 0 Å². The summed E-state index contributed by atoms with van der Waals surface area (Å²) in [4.78, 5) is 17.3. The lowest BCUT2D eigenvalue weighted by atomic mass is 10.2. The smallest absolute Gasteiger partial charge is 0.257 e. The van der Waals surface area contributed by atoms with Crippen molar-refractivity contribution in [1.29, 1.82) is 0 Å². The minimum atomic E-state index is -0.197. The van der Waals surface area contributed by atoms with Gasteiger partial charge in [-0.15, -0.1) is 0 Å². The molecule has 86 valence electrons. The van der Waals surface area contributed by atoms with Crippen molar-refractivity contribution < 1.29 is 4.79 Å². The Bertz CT molecular complexity index is 432. The average molecular weight is 259 g/mol. The second-order valence-corrected chi connectivity index (χ2v) is 4.34. The van der Waals surface area contributed by atoms with E-state index in [1.54, 1.807) is 13.1 Å². The molecule has 1 amide bonds. The molecule has 16 heavy (non-hydrogen) atoms. The van der Waals surface area contributed by atoms with Crippen molar-refractivity contribution in [2.75, 3.05) is 13.6 Å². The summed E-state index contributed by atoms with van der Waals surface area (Å²) < 4.78 is 0. The molecule has 3 nitrogen and oxygen atoms in total. The summed E-state index contributed by atoms with van der Waals surface area (Å²) in [5, 5.41) is 0.384. The summed E-state index contributed by atoms with van der Waals surface area (Å²) in [5.41, 5.74) is 1.24. The maximum atomic E-state index is 11.9. The number of amides is 1. The van der Waals surface area contributed by atoms with E-state index >= 15 is 0 Å². The number of nitrogens with zero attached hydrogens (tertiary/aromatic N) is 2. The highest BCUT2D eigenvalue weighted by Crippen LogP contribution is 2.18. The molecule has 1 aromatic heterocycles. The van der Waals surface area contributed by atoms with Gasteiger partial charge < -0.3 is 4.90 Å². The predicted molar refractivity (Wildman–Crippen MR) is 66.0 cm³/mol. The van der Waals surface area contributed by atoms with Gasteiger partial charge in [-0.3, -0.25) is 4.79 Å². The highest BCUT2D eigenvalue weighted by Gasteiger charge is 2.16. The van der Waals surface area contributed by atoms with Gasteiger partial charge in [0.25, 0.3) is 5.91 Å². The second kappa shape index (κ2) is 5.32. The van der Waals surface area contributed by atoms with Crippen molar-refractivity contribution in [2.45, 2.75) is 6.92 Å².